The zero-order chi connectivity index (χ0) is 18.4. The number of halogens is 1. The molecule has 7 unspecified atom stereocenters. The van der Waals surface area contributed by atoms with Crippen LogP contribution >= 0.6 is 0 Å². The molecule has 2 bridgehead atoms. The average molecular weight is 383 g/mol. The van der Waals surface area contributed by atoms with Crippen LogP contribution in [0.2, 0.25) is 0 Å². The summed E-state index contributed by atoms with van der Waals surface area (Å²) in [5, 5.41) is 23.9. The monoisotopic (exact) mass is 382 g/mol. The van der Waals surface area contributed by atoms with Crippen molar-refractivity contribution in [2.45, 2.75) is 81.3 Å². The van der Waals surface area contributed by atoms with Crippen LogP contribution in [0.15, 0.2) is 0 Å². The largest absolute Gasteiger partial charge is 0.392 e. The summed E-state index contributed by atoms with van der Waals surface area (Å²) in [5.41, 5.74) is 3.53. The van der Waals surface area contributed by atoms with Gasteiger partial charge < -0.3 is 15.7 Å². The van der Waals surface area contributed by atoms with E-state index in [1.54, 1.807) is 0 Å². The molecule has 0 saturated carbocycles. The second-order valence-electron chi connectivity index (χ2n) is 9.19. The molecular weight excluding hydrogens is 347 g/mol. The number of hydrogen-bond acceptors (Lipinski definition) is 7. The SMILES string of the molecule is O[C@@H]1CC2C3CC(F)CNC3CCCCNC3CNN4CCC(NC34)N2C1. The maximum Gasteiger partial charge on any atom is 0.113 e. The van der Waals surface area contributed by atoms with E-state index in [4.69, 9.17) is 0 Å². The molecule has 27 heavy (non-hydrogen) atoms. The number of alkyl halides is 1. The number of piperidine rings is 1. The lowest BCUT2D eigenvalue weighted by atomic mass is 9.80. The number of nitrogens with zero attached hydrogens (tertiary/aromatic N) is 2. The predicted molar refractivity (Wildman–Crippen MR) is 102 cm³/mol. The molecule has 5 aliphatic heterocycles. The molecule has 5 rings (SSSR count). The van der Waals surface area contributed by atoms with Gasteiger partial charge in [0.15, 0.2) is 0 Å². The number of hydrogen-bond donors (Lipinski definition) is 5. The highest BCUT2D eigenvalue weighted by molar-refractivity contribution is 5.02. The molecule has 8 atom stereocenters. The summed E-state index contributed by atoms with van der Waals surface area (Å²) >= 11 is 0. The highest BCUT2D eigenvalue weighted by Gasteiger charge is 2.47. The summed E-state index contributed by atoms with van der Waals surface area (Å²) in [5.74, 6) is 0.289. The Morgan fingerprint density at radius 2 is 1.93 bits per heavy atom. The quantitative estimate of drug-likeness (QED) is 0.381. The van der Waals surface area contributed by atoms with Crippen molar-refractivity contribution >= 4 is 0 Å². The molecule has 0 aliphatic carbocycles. The van der Waals surface area contributed by atoms with E-state index in [1.165, 1.54) is 6.42 Å². The standard InChI is InChI=1S/C19H35FN6O/c20-12-7-14-15(22-9-12)3-1-2-5-21-16-10-23-26-6-4-18(24-19(16)26)25-11-13(27)8-17(14)25/h12-19,21-24,27H,1-11H2/t12?,13-,14?,15?,16?,17?,18?,19?/m1/s1. The van der Waals surface area contributed by atoms with Gasteiger partial charge in [0.2, 0.25) is 0 Å². The molecule has 154 valence electrons. The zero-order valence-corrected chi connectivity index (χ0v) is 16.1. The Morgan fingerprint density at radius 1 is 1.00 bits per heavy atom. The van der Waals surface area contributed by atoms with Crippen LogP contribution in [0.1, 0.15) is 38.5 Å². The topological polar surface area (TPSA) is 74.8 Å². The van der Waals surface area contributed by atoms with Crippen LogP contribution < -0.4 is 21.4 Å². The molecule has 5 saturated heterocycles. The van der Waals surface area contributed by atoms with Gasteiger partial charge in [-0.1, -0.05) is 6.42 Å². The maximum absolute atomic E-state index is 14.3. The summed E-state index contributed by atoms with van der Waals surface area (Å²) in [4.78, 5) is 2.48. The van der Waals surface area contributed by atoms with E-state index in [0.717, 1.165) is 45.3 Å². The Labute approximate surface area is 161 Å². The second-order valence-corrected chi connectivity index (χ2v) is 9.19. The van der Waals surface area contributed by atoms with Gasteiger partial charge >= 0.3 is 0 Å². The number of rotatable bonds is 0. The summed E-state index contributed by atoms with van der Waals surface area (Å²) in [6.07, 6.45) is 5.38. The van der Waals surface area contributed by atoms with Crippen molar-refractivity contribution in [2.24, 2.45) is 5.92 Å². The predicted octanol–water partition coefficient (Wildman–Crippen LogP) is -0.654. The van der Waals surface area contributed by atoms with Crippen LogP contribution in [-0.2, 0) is 0 Å². The van der Waals surface area contributed by atoms with Gasteiger partial charge in [-0.2, -0.15) is 0 Å². The van der Waals surface area contributed by atoms with Crippen molar-refractivity contribution in [3.05, 3.63) is 0 Å². The first-order valence-corrected chi connectivity index (χ1v) is 11.0. The van der Waals surface area contributed by atoms with E-state index in [0.29, 0.717) is 31.6 Å². The van der Waals surface area contributed by atoms with Gasteiger partial charge in [0.25, 0.3) is 0 Å². The van der Waals surface area contributed by atoms with Crippen LogP contribution in [0.3, 0.4) is 0 Å². The van der Waals surface area contributed by atoms with Gasteiger partial charge in [-0.25, -0.2) is 9.40 Å². The Balaban J connectivity index is 1.41. The molecule has 5 heterocycles. The highest BCUT2D eigenvalue weighted by atomic mass is 19.1. The third-order valence-electron chi connectivity index (χ3n) is 7.49. The lowest BCUT2D eigenvalue weighted by molar-refractivity contribution is -0.00325. The highest BCUT2D eigenvalue weighted by Crippen LogP contribution is 2.36. The van der Waals surface area contributed by atoms with Crippen molar-refractivity contribution in [2.75, 3.05) is 32.7 Å². The Morgan fingerprint density at radius 3 is 2.85 bits per heavy atom. The molecule has 0 aromatic rings. The third kappa shape index (κ3) is 3.66. The number of hydrazine groups is 1. The molecular formula is C19H35FN6O. The number of nitrogens with one attached hydrogen (secondary N) is 4. The Hall–Kier alpha value is -0.350. The second kappa shape index (κ2) is 7.82. The normalized spacial score (nSPS) is 49.6. The first-order valence-electron chi connectivity index (χ1n) is 11.0. The van der Waals surface area contributed by atoms with E-state index in [-0.39, 0.29) is 30.4 Å². The first kappa shape index (κ1) is 18.7. The molecule has 5 fully saturated rings. The van der Waals surface area contributed by atoms with Crippen molar-refractivity contribution in [1.82, 2.24) is 31.3 Å². The molecule has 0 aromatic carbocycles. The lowest BCUT2D eigenvalue weighted by Crippen LogP contribution is -2.66. The number of aliphatic hydroxyl groups is 1. The zero-order valence-electron chi connectivity index (χ0n) is 16.1. The van der Waals surface area contributed by atoms with Gasteiger partial charge in [-0.15, -0.1) is 0 Å². The molecule has 8 heteroatoms. The minimum absolute atomic E-state index is 0.263. The number of aliphatic hydroxyl groups excluding tert-OH is 1. The molecule has 5 N–H and O–H groups in total. The van der Waals surface area contributed by atoms with Gasteiger partial charge in [0, 0.05) is 38.3 Å². The Bertz CT molecular complexity index is 526. The molecule has 0 amide bonds. The van der Waals surface area contributed by atoms with E-state index in [9.17, 15) is 9.50 Å². The van der Waals surface area contributed by atoms with Gasteiger partial charge in [0.05, 0.1) is 24.5 Å². The van der Waals surface area contributed by atoms with Crippen LogP contribution in [0.4, 0.5) is 4.39 Å². The van der Waals surface area contributed by atoms with E-state index in [1.807, 2.05) is 0 Å². The van der Waals surface area contributed by atoms with Crippen LogP contribution in [0.5, 0.6) is 0 Å². The number of fused-ring (bicyclic) bond motifs is 5. The van der Waals surface area contributed by atoms with Crippen LogP contribution in [-0.4, -0.2) is 90.5 Å². The van der Waals surface area contributed by atoms with Crippen molar-refractivity contribution < 1.29 is 9.50 Å². The summed E-state index contributed by atoms with van der Waals surface area (Å²) in [6.45, 7) is 4.21. The lowest BCUT2D eigenvalue weighted by Gasteiger charge is -2.47. The van der Waals surface area contributed by atoms with Crippen LogP contribution in [0.25, 0.3) is 0 Å². The van der Waals surface area contributed by atoms with Crippen LogP contribution in [0, 0.1) is 5.92 Å². The summed E-state index contributed by atoms with van der Waals surface area (Å²) in [7, 11) is 0. The van der Waals surface area contributed by atoms with E-state index in [2.05, 4.69) is 31.3 Å². The fourth-order valence-electron chi connectivity index (χ4n) is 6.19. The molecule has 7 nitrogen and oxygen atoms in total. The van der Waals surface area contributed by atoms with E-state index < -0.39 is 6.17 Å². The van der Waals surface area contributed by atoms with Gasteiger partial charge in [0.1, 0.15) is 6.17 Å². The van der Waals surface area contributed by atoms with Crippen molar-refractivity contribution in [3.8, 4) is 0 Å². The molecule has 0 radical (unpaired) electrons. The maximum atomic E-state index is 14.3. The third-order valence-corrected chi connectivity index (χ3v) is 7.49. The smallest absolute Gasteiger partial charge is 0.113 e. The van der Waals surface area contributed by atoms with E-state index >= 15 is 0 Å². The summed E-state index contributed by atoms with van der Waals surface area (Å²) < 4.78 is 14.3. The molecule has 5 aliphatic rings. The fraction of sp³-hybridized carbons (Fsp3) is 1.00. The van der Waals surface area contributed by atoms with Crippen molar-refractivity contribution in [3.63, 3.8) is 0 Å². The minimum Gasteiger partial charge on any atom is -0.392 e. The minimum atomic E-state index is -0.763. The molecule has 0 aromatic heterocycles. The summed E-state index contributed by atoms with van der Waals surface area (Å²) in [6, 6.07) is 1.05. The fourth-order valence-corrected chi connectivity index (χ4v) is 6.19. The van der Waals surface area contributed by atoms with Crippen molar-refractivity contribution in [1.29, 1.82) is 0 Å². The van der Waals surface area contributed by atoms with Gasteiger partial charge in [-0.05, 0) is 44.6 Å². The first-order chi connectivity index (χ1) is 13.2. The Kier molecular flexibility index (Phi) is 5.40. The van der Waals surface area contributed by atoms with Gasteiger partial charge in [-0.3, -0.25) is 15.6 Å². The molecule has 0 spiro atoms. The average Bonchev–Trinajstić information content (AvgIpc) is 3.25.